The van der Waals surface area contributed by atoms with Crippen LogP contribution in [-0.2, 0) is 4.79 Å². The van der Waals surface area contributed by atoms with Crippen LogP contribution in [-0.4, -0.2) is 43.0 Å². The molecule has 1 aromatic rings. The molecule has 1 atom stereocenters. The van der Waals surface area contributed by atoms with Crippen molar-refractivity contribution in [3.05, 3.63) is 29.8 Å². The Labute approximate surface area is 110 Å². The molecule has 1 fully saturated rings. The number of carbonyl (C=O) groups excluding carboxylic acids is 1. The van der Waals surface area contributed by atoms with Crippen molar-refractivity contribution in [2.24, 2.45) is 0 Å². The van der Waals surface area contributed by atoms with Crippen molar-refractivity contribution in [3.8, 4) is 0 Å². The Balaban J connectivity index is 1.93. The van der Waals surface area contributed by atoms with Crippen LogP contribution < -0.4 is 10.6 Å². The lowest BCUT2D eigenvalue weighted by Crippen LogP contribution is -2.52. The lowest BCUT2D eigenvalue weighted by atomic mass is 10.2. The molecule has 1 aromatic carbocycles. The van der Waals surface area contributed by atoms with E-state index in [1.807, 2.05) is 11.8 Å². The normalized spacial score (nSPS) is 20.3. The van der Waals surface area contributed by atoms with E-state index in [-0.39, 0.29) is 24.2 Å². The summed E-state index contributed by atoms with van der Waals surface area (Å²) < 4.78 is 26.1. The van der Waals surface area contributed by atoms with Gasteiger partial charge >= 0.3 is 0 Å². The van der Waals surface area contributed by atoms with Crippen molar-refractivity contribution in [1.29, 1.82) is 0 Å². The zero-order chi connectivity index (χ0) is 13.8. The predicted octanol–water partition coefficient (Wildman–Crippen LogP) is 1.20. The Morgan fingerprint density at radius 3 is 3.00 bits per heavy atom. The minimum atomic E-state index is -0.762. The highest BCUT2D eigenvalue weighted by Gasteiger charge is 2.20. The quantitative estimate of drug-likeness (QED) is 0.866. The number of nitrogens with zero attached hydrogens (tertiary/aromatic N) is 1. The first-order chi connectivity index (χ1) is 9.06. The molecule has 0 aromatic heterocycles. The highest BCUT2D eigenvalue weighted by atomic mass is 19.1. The number of nitrogens with one attached hydrogen (secondary N) is 2. The van der Waals surface area contributed by atoms with E-state index < -0.39 is 11.6 Å². The number of piperazine rings is 1. The number of carbonyl (C=O) groups is 1. The lowest BCUT2D eigenvalue weighted by Gasteiger charge is -2.33. The molecule has 1 amide bonds. The van der Waals surface area contributed by atoms with E-state index in [1.54, 1.807) is 0 Å². The summed E-state index contributed by atoms with van der Waals surface area (Å²) in [6.07, 6.45) is 0. The Morgan fingerprint density at radius 2 is 2.32 bits per heavy atom. The van der Waals surface area contributed by atoms with E-state index in [9.17, 15) is 13.6 Å². The molecule has 0 spiro atoms. The molecule has 104 valence electrons. The van der Waals surface area contributed by atoms with Crippen LogP contribution in [0.2, 0.25) is 0 Å². The average Bonchev–Trinajstić information content (AvgIpc) is 2.36. The molecule has 2 N–H and O–H groups in total. The molecule has 1 heterocycles. The van der Waals surface area contributed by atoms with Crippen molar-refractivity contribution in [3.63, 3.8) is 0 Å². The number of rotatable bonds is 3. The first-order valence-corrected chi connectivity index (χ1v) is 6.26. The lowest BCUT2D eigenvalue weighted by molar-refractivity contribution is -0.118. The van der Waals surface area contributed by atoms with Gasteiger partial charge in [-0.3, -0.25) is 9.69 Å². The second-order valence-electron chi connectivity index (χ2n) is 4.70. The molecule has 0 saturated carbocycles. The Morgan fingerprint density at radius 1 is 1.53 bits per heavy atom. The number of halogens is 2. The van der Waals surface area contributed by atoms with Gasteiger partial charge in [0.05, 0.1) is 12.2 Å². The van der Waals surface area contributed by atoms with E-state index in [0.29, 0.717) is 0 Å². The Hall–Kier alpha value is -1.53. The summed E-state index contributed by atoms with van der Waals surface area (Å²) in [5, 5.41) is 5.69. The fourth-order valence-electron chi connectivity index (χ4n) is 2.08. The molecular formula is C13H17F2N3O. The molecule has 0 radical (unpaired) electrons. The van der Waals surface area contributed by atoms with Crippen molar-refractivity contribution in [2.75, 3.05) is 31.5 Å². The van der Waals surface area contributed by atoms with Gasteiger partial charge in [0.1, 0.15) is 11.6 Å². The fraction of sp³-hybridized carbons (Fsp3) is 0.462. The van der Waals surface area contributed by atoms with Crippen molar-refractivity contribution in [2.45, 2.75) is 13.0 Å². The Kier molecular flexibility index (Phi) is 4.44. The summed E-state index contributed by atoms with van der Waals surface area (Å²) in [6.45, 7) is 4.68. The summed E-state index contributed by atoms with van der Waals surface area (Å²) in [5.74, 6) is -1.72. The van der Waals surface area contributed by atoms with Gasteiger partial charge in [-0.05, 0) is 19.1 Å². The SMILES string of the molecule is C[C@H]1CNCCN1CC(=O)Nc1ccc(F)cc1F. The smallest absolute Gasteiger partial charge is 0.238 e. The third-order valence-corrected chi connectivity index (χ3v) is 3.19. The first-order valence-electron chi connectivity index (χ1n) is 6.26. The molecule has 1 saturated heterocycles. The summed E-state index contributed by atoms with van der Waals surface area (Å²) in [6, 6.07) is 3.36. The van der Waals surface area contributed by atoms with Crippen molar-refractivity contribution in [1.82, 2.24) is 10.2 Å². The highest BCUT2D eigenvalue weighted by molar-refractivity contribution is 5.92. The minimum Gasteiger partial charge on any atom is -0.322 e. The molecule has 0 bridgehead atoms. The van der Waals surface area contributed by atoms with E-state index in [1.165, 1.54) is 6.07 Å². The van der Waals surface area contributed by atoms with Gasteiger partial charge < -0.3 is 10.6 Å². The maximum atomic E-state index is 13.4. The van der Waals surface area contributed by atoms with Crippen LogP contribution in [0, 0.1) is 11.6 Å². The molecule has 1 aliphatic rings. The highest BCUT2D eigenvalue weighted by Crippen LogP contribution is 2.15. The topological polar surface area (TPSA) is 44.4 Å². The predicted molar refractivity (Wildman–Crippen MR) is 68.9 cm³/mol. The second-order valence-corrected chi connectivity index (χ2v) is 4.70. The number of hydrogen-bond donors (Lipinski definition) is 2. The zero-order valence-electron chi connectivity index (χ0n) is 10.7. The fourth-order valence-corrected chi connectivity index (χ4v) is 2.08. The monoisotopic (exact) mass is 269 g/mol. The number of hydrogen-bond acceptors (Lipinski definition) is 3. The van der Waals surface area contributed by atoms with Gasteiger partial charge in [0.15, 0.2) is 0 Å². The number of benzene rings is 1. The molecule has 6 heteroatoms. The van der Waals surface area contributed by atoms with Gasteiger partial charge in [-0.25, -0.2) is 8.78 Å². The maximum absolute atomic E-state index is 13.4. The summed E-state index contributed by atoms with van der Waals surface area (Å²) in [5.41, 5.74) is 0.00851. The first kappa shape index (κ1) is 13.9. The average molecular weight is 269 g/mol. The number of amides is 1. The summed E-state index contributed by atoms with van der Waals surface area (Å²) in [4.78, 5) is 13.9. The van der Waals surface area contributed by atoms with Gasteiger partial charge in [-0.2, -0.15) is 0 Å². The molecule has 4 nitrogen and oxygen atoms in total. The maximum Gasteiger partial charge on any atom is 0.238 e. The van der Waals surface area contributed by atoms with Gasteiger partial charge in [0.2, 0.25) is 5.91 Å². The van der Waals surface area contributed by atoms with Gasteiger partial charge in [-0.15, -0.1) is 0 Å². The van der Waals surface area contributed by atoms with Crippen LogP contribution in [0.25, 0.3) is 0 Å². The van der Waals surface area contributed by atoms with Crippen LogP contribution >= 0.6 is 0 Å². The molecule has 0 unspecified atom stereocenters. The van der Waals surface area contributed by atoms with Gasteiger partial charge in [-0.1, -0.05) is 0 Å². The molecule has 0 aliphatic carbocycles. The van der Waals surface area contributed by atoms with Gasteiger partial charge in [0, 0.05) is 31.7 Å². The molecular weight excluding hydrogens is 252 g/mol. The summed E-state index contributed by atoms with van der Waals surface area (Å²) >= 11 is 0. The number of anilines is 1. The molecule has 2 rings (SSSR count). The van der Waals surface area contributed by atoms with Crippen molar-refractivity contribution >= 4 is 11.6 Å². The van der Waals surface area contributed by atoms with Crippen LogP contribution in [0.15, 0.2) is 18.2 Å². The van der Waals surface area contributed by atoms with E-state index in [0.717, 1.165) is 31.8 Å². The van der Waals surface area contributed by atoms with E-state index in [4.69, 9.17) is 0 Å². The molecule has 19 heavy (non-hydrogen) atoms. The Bertz CT molecular complexity index is 467. The van der Waals surface area contributed by atoms with Crippen LogP contribution in [0.4, 0.5) is 14.5 Å². The second kappa shape index (κ2) is 6.08. The van der Waals surface area contributed by atoms with E-state index in [2.05, 4.69) is 10.6 Å². The van der Waals surface area contributed by atoms with Crippen LogP contribution in [0.5, 0.6) is 0 Å². The van der Waals surface area contributed by atoms with Crippen molar-refractivity contribution < 1.29 is 13.6 Å². The van der Waals surface area contributed by atoms with Gasteiger partial charge in [0.25, 0.3) is 0 Å². The third-order valence-electron chi connectivity index (χ3n) is 3.19. The largest absolute Gasteiger partial charge is 0.322 e. The van der Waals surface area contributed by atoms with Crippen LogP contribution in [0.1, 0.15) is 6.92 Å². The minimum absolute atomic E-state index is 0.00851. The standard InChI is InChI=1S/C13H17F2N3O/c1-9-7-16-4-5-18(9)8-13(19)17-12-3-2-10(14)6-11(12)15/h2-3,6,9,16H,4-5,7-8H2,1H3,(H,17,19)/t9-/m0/s1. The summed E-state index contributed by atoms with van der Waals surface area (Å²) in [7, 11) is 0. The van der Waals surface area contributed by atoms with Crippen LogP contribution in [0.3, 0.4) is 0 Å². The third kappa shape index (κ3) is 3.71. The van der Waals surface area contributed by atoms with E-state index >= 15 is 0 Å². The zero-order valence-corrected chi connectivity index (χ0v) is 10.7. The molecule has 1 aliphatic heterocycles.